The number of para-hydroxylation sites is 1. The molecule has 0 bridgehead atoms. The van der Waals surface area contributed by atoms with Gasteiger partial charge in [0.1, 0.15) is 5.75 Å². The van der Waals surface area contributed by atoms with E-state index in [9.17, 15) is 8.78 Å². The summed E-state index contributed by atoms with van der Waals surface area (Å²) in [6.45, 7) is -2.84. The smallest absolute Gasteiger partial charge is 0.387 e. The number of hydrogen-bond donors (Lipinski definition) is 1. The Kier molecular flexibility index (Phi) is 5.54. The van der Waals surface area contributed by atoms with Crippen molar-refractivity contribution in [1.82, 2.24) is 5.32 Å². The quantitative estimate of drug-likeness (QED) is 0.710. The van der Waals surface area contributed by atoms with Gasteiger partial charge in [0.05, 0.1) is 13.6 Å². The molecule has 0 saturated heterocycles. The van der Waals surface area contributed by atoms with Crippen molar-refractivity contribution < 1.29 is 13.5 Å². The average Bonchev–Trinajstić information content (AvgIpc) is 2.71. The topological polar surface area (TPSA) is 21.3 Å². The summed E-state index contributed by atoms with van der Waals surface area (Å²) in [5, 5.41) is 3.13. The van der Waals surface area contributed by atoms with Crippen LogP contribution in [0.5, 0.6) is 5.75 Å². The molecule has 0 fully saturated rings. The number of nitrogens with one attached hydrogen (secondary N) is 1. The first kappa shape index (κ1) is 15.9. The van der Waals surface area contributed by atoms with Crippen LogP contribution in [0, 0.1) is 0 Å². The SMILES string of the molecule is CNC(c1ccccc1OC(F)F)c1cc(Br)sc1Br. The van der Waals surface area contributed by atoms with Gasteiger partial charge in [0.15, 0.2) is 0 Å². The lowest BCUT2D eigenvalue weighted by atomic mass is 10.0. The van der Waals surface area contributed by atoms with Crippen molar-refractivity contribution in [2.75, 3.05) is 7.05 Å². The zero-order valence-corrected chi connectivity index (χ0v) is 14.4. The van der Waals surface area contributed by atoms with E-state index in [1.54, 1.807) is 31.3 Å². The minimum Gasteiger partial charge on any atom is -0.434 e. The van der Waals surface area contributed by atoms with Gasteiger partial charge in [-0.25, -0.2) is 0 Å². The molecule has 7 heteroatoms. The number of rotatable bonds is 5. The van der Waals surface area contributed by atoms with Crippen molar-refractivity contribution in [3.63, 3.8) is 0 Å². The summed E-state index contributed by atoms with van der Waals surface area (Å²) in [4.78, 5) is 0. The Morgan fingerprint density at radius 1 is 1.20 bits per heavy atom. The van der Waals surface area contributed by atoms with Crippen LogP contribution in [-0.4, -0.2) is 13.7 Å². The molecular formula is C13H11Br2F2NOS. The van der Waals surface area contributed by atoms with E-state index in [0.717, 1.165) is 13.1 Å². The predicted molar refractivity (Wildman–Crippen MR) is 83.7 cm³/mol. The maximum atomic E-state index is 12.5. The molecule has 1 aromatic carbocycles. The van der Waals surface area contributed by atoms with E-state index in [1.165, 1.54) is 11.3 Å². The van der Waals surface area contributed by atoms with E-state index in [1.807, 2.05) is 6.07 Å². The Morgan fingerprint density at radius 2 is 1.90 bits per heavy atom. The van der Waals surface area contributed by atoms with Gasteiger partial charge in [-0.3, -0.25) is 0 Å². The fourth-order valence-electron chi connectivity index (χ4n) is 1.95. The molecule has 1 heterocycles. The van der Waals surface area contributed by atoms with Crippen molar-refractivity contribution in [1.29, 1.82) is 0 Å². The van der Waals surface area contributed by atoms with E-state index in [2.05, 4.69) is 41.9 Å². The molecule has 2 aromatic rings. The number of hydrogen-bond acceptors (Lipinski definition) is 3. The standard InChI is InChI=1S/C13H11Br2F2NOS/c1-18-11(8-6-10(14)20-12(8)15)7-4-2-3-5-9(7)19-13(16)17/h2-6,11,13,18H,1H3. The normalized spacial score (nSPS) is 12.7. The van der Waals surface area contributed by atoms with Gasteiger partial charge in [-0.1, -0.05) is 18.2 Å². The largest absolute Gasteiger partial charge is 0.434 e. The maximum absolute atomic E-state index is 12.5. The minimum absolute atomic E-state index is 0.177. The fraction of sp³-hybridized carbons (Fsp3) is 0.231. The monoisotopic (exact) mass is 425 g/mol. The van der Waals surface area contributed by atoms with Crippen LogP contribution in [0.2, 0.25) is 0 Å². The molecule has 0 amide bonds. The summed E-state index contributed by atoms with van der Waals surface area (Å²) in [5.74, 6) is 0.177. The summed E-state index contributed by atoms with van der Waals surface area (Å²) in [5.41, 5.74) is 1.64. The van der Waals surface area contributed by atoms with Crippen LogP contribution in [0.1, 0.15) is 17.2 Å². The first-order chi connectivity index (χ1) is 9.52. The van der Waals surface area contributed by atoms with Gasteiger partial charge >= 0.3 is 6.61 Å². The first-order valence-corrected chi connectivity index (χ1v) is 8.09. The van der Waals surface area contributed by atoms with Crippen molar-refractivity contribution in [3.05, 3.63) is 49.0 Å². The van der Waals surface area contributed by atoms with Crippen LogP contribution in [0.15, 0.2) is 37.9 Å². The third-order valence-corrected chi connectivity index (χ3v) is 5.11. The Hall–Kier alpha value is -0.500. The second-order valence-electron chi connectivity index (χ2n) is 3.92. The minimum atomic E-state index is -2.84. The number of ether oxygens (including phenoxy) is 1. The number of thiophene rings is 1. The molecular weight excluding hydrogens is 416 g/mol. The summed E-state index contributed by atoms with van der Waals surface area (Å²) in [6, 6.07) is 8.51. The highest BCUT2D eigenvalue weighted by Gasteiger charge is 2.22. The zero-order valence-electron chi connectivity index (χ0n) is 10.4. The van der Waals surface area contributed by atoms with Crippen molar-refractivity contribution in [2.45, 2.75) is 12.7 Å². The van der Waals surface area contributed by atoms with Crippen molar-refractivity contribution in [2.24, 2.45) is 0 Å². The van der Waals surface area contributed by atoms with Gasteiger partial charge < -0.3 is 10.1 Å². The zero-order chi connectivity index (χ0) is 14.7. The van der Waals surface area contributed by atoms with Gasteiger partial charge in [-0.05, 0) is 56.6 Å². The van der Waals surface area contributed by atoms with Gasteiger partial charge in [-0.15, -0.1) is 11.3 Å². The Labute approximate surface area is 136 Å². The van der Waals surface area contributed by atoms with Gasteiger partial charge in [-0.2, -0.15) is 8.78 Å². The molecule has 20 heavy (non-hydrogen) atoms. The highest BCUT2D eigenvalue weighted by Crippen LogP contribution is 2.40. The number of halogens is 4. The van der Waals surface area contributed by atoms with Gasteiger partial charge in [0.25, 0.3) is 0 Å². The number of benzene rings is 1. The first-order valence-electron chi connectivity index (χ1n) is 5.68. The van der Waals surface area contributed by atoms with E-state index in [4.69, 9.17) is 0 Å². The van der Waals surface area contributed by atoms with Crippen LogP contribution < -0.4 is 10.1 Å². The summed E-state index contributed by atoms with van der Waals surface area (Å²) < 4.78 is 31.5. The van der Waals surface area contributed by atoms with Crippen molar-refractivity contribution in [3.8, 4) is 5.75 Å². The lowest BCUT2D eigenvalue weighted by molar-refractivity contribution is -0.0506. The number of alkyl halides is 2. The molecule has 1 unspecified atom stereocenters. The summed E-state index contributed by atoms with van der Waals surface area (Å²) >= 11 is 8.44. The summed E-state index contributed by atoms with van der Waals surface area (Å²) in [7, 11) is 1.78. The second-order valence-corrected chi connectivity index (χ2v) is 7.67. The van der Waals surface area contributed by atoms with E-state index < -0.39 is 6.61 Å². The van der Waals surface area contributed by atoms with E-state index in [0.29, 0.717) is 5.56 Å². The molecule has 0 aliphatic heterocycles. The average molecular weight is 427 g/mol. The molecule has 0 saturated carbocycles. The van der Waals surface area contributed by atoms with Gasteiger partial charge in [0, 0.05) is 5.56 Å². The molecule has 1 atom stereocenters. The highest BCUT2D eigenvalue weighted by atomic mass is 79.9. The Morgan fingerprint density at radius 3 is 2.45 bits per heavy atom. The van der Waals surface area contributed by atoms with Crippen LogP contribution in [0.4, 0.5) is 8.78 Å². The van der Waals surface area contributed by atoms with Crippen LogP contribution in [0.3, 0.4) is 0 Å². The fourth-order valence-corrected chi connectivity index (χ4v) is 4.85. The molecule has 2 nitrogen and oxygen atoms in total. The second kappa shape index (κ2) is 6.98. The molecule has 108 valence electrons. The molecule has 0 aliphatic carbocycles. The lowest BCUT2D eigenvalue weighted by Crippen LogP contribution is -2.19. The van der Waals surface area contributed by atoms with Crippen molar-refractivity contribution >= 4 is 43.2 Å². The maximum Gasteiger partial charge on any atom is 0.387 e. The Bertz CT molecular complexity index is 592. The third kappa shape index (κ3) is 3.58. The Balaban J connectivity index is 2.44. The predicted octanol–water partition coefficient (Wildman–Crippen LogP) is 5.18. The molecule has 0 spiro atoms. The van der Waals surface area contributed by atoms with E-state index >= 15 is 0 Å². The van der Waals surface area contributed by atoms with Crippen LogP contribution in [-0.2, 0) is 0 Å². The third-order valence-electron chi connectivity index (χ3n) is 2.73. The molecule has 0 radical (unpaired) electrons. The molecule has 1 N–H and O–H groups in total. The lowest BCUT2D eigenvalue weighted by Gasteiger charge is -2.19. The van der Waals surface area contributed by atoms with Crippen LogP contribution in [0.25, 0.3) is 0 Å². The molecule has 2 rings (SSSR count). The molecule has 1 aromatic heterocycles. The van der Waals surface area contributed by atoms with Crippen LogP contribution >= 0.6 is 43.2 Å². The summed E-state index contributed by atoms with van der Waals surface area (Å²) in [6.07, 6.45) is 0. The van der Waals surface area contributed by atoms with Gasteiger partial charge in [0.2, 0.25) is 0 Å². The van der Waals surface area contributed by atoms with E-state index in [-0.39, 0.29) is 11.8 Å². The molecule has 0 aliphatic rings. The highest BCUT2D eigenvalue weighted by molar-refractivity contribution is 9.12.